The van der Waals surface area contributed by atoms with E-state index in [-0.39, 0.29) is 0 Å². The summed E-state index contributed by atoms with van der Waals surface area (Å²) >= 11 is 0. The van der Waals surface area contributed by atoms with Crippen molar-refractivity contribution in [2.45, 2.75) is 25.3 Å². The Balaban J connectivity index is 2.00. The van der Waals surface area contributed by atoms with Gasteiger partial charge in [-0.25, -0.2) is 4.98 Å². The quantitative estimate of drug-likeness (QED) is 0.861. The summed E-state index contributed by atoms with van der Waals surface area (Å²) in [5.74, 6) is 1.76. The minimum atomic E-state index is 0.570. The Bertz CT molecular complexity index is 350. The van der Waals surface area contributed by atoms with E-state index in [0.717, 1.165) is 24.7 Å². The molecule has 1 N–H and O–H groups in total. The highest BCUT2D eigenvalue weighted by molar-refractivity contribution is 5.51. The van der Waals surface area contributed by atoms with Gasteiger partial charge in [0.15, 0.2) is 11.6 Å². The van der Waals surface area contributed by atoms with Crippen molar-refractivity contribution >= 4 is 5.82 Å². The number of piperidine rings is 1. The van der Waals surface area contributed by atoms with Crippen molar-refractivity contribution in [1.82, 2.24) is 10.3 Å². The van der Waals surface area contributed by atoms with Crippen molar-refractivity contribution in [3.05, 3.63) is 18.3 Å². The number of methoxy groups -OCH3 is 1. The minimum absolute atomic E-state index is 0.570. The molecule has 2 heterocycles. The molecule has 1 atom stereocenters. The van der Waals surface area contributed by atoms with Crippen molar-refractivity contribution in [3.63, 3.8) is 0 Å². The van der Waals surface area contributed by atoms with E-state index in [9.17, 15) is 0 Å². The first-order valence-corrected chi connectivity index (χ1v) is 6.25. The molecule has 1 aliphatic heterocycles. The zero-order valence-electron chi connectivity index (χ0n) is 10.6. The maximum atomic E-state index is 5.33. The van der Waals surface area contributed by atoms with Gasteiger partial charge in [-0.05, 0) is 31.5 Å². The fraction of sp³-hybridized carbons (Fsp3) is 0.615. The number of nitrogens with zero attached hydrogens (tertiary/aromatic N) is 2. The lowest BCUT2D eigenvalue weighted by molar-refractivity contribution is 0.395. The number of likely N-dealkylation sites (N-methyl/N-ethyl adjacent to an activating group) is 1. The van der Waals surface area contributed by atoms with Crippen molar-refractivity contribution in [1.29, 1.82) is 0 Å². The molecule has 1 unspecified atom stereocenters. The number of ether oxygens (including phenoxy) is 1. The summed E-state index contributed by atoms with van der Waals surface area (Å²) < 4.78 is 5.33. The van der Waals surface area contributed by atoms with Gasteiger partial charge in [-0.1, -0.05) is 6.42 Å². The van der Waals surface area contributed by atoms with Crippen LogP contribution in [-0.4, -0.2) is 38.3 Å². The van der Waals surface area contributed by atoms with E-state index in [0.29, 0.717) is 6.04 Å². The first-order valence-electron chi connectivity index (χ1n) is 6.25. The number of rotatable bonds is 4. The van der Waals surface area contributed by atoms with Crippen molar-refractivity contribution in [2.75, 3.05) is 32.1 Å². The molecule has 1 saturated heterocycles. The molecule has 0 aromatic carbocycles. The van der Waals surface area contributed by atoms with E-state index in [2.05, 4.69) is 22.2 Å². The molecule has 0 radical (unpaired) electrons. The fourth-order valence-electron chi connectivity index (χ4n) is 2.33. The lowest BCUT2D eigenvalue weighted by Gasteiger charge is -2.29. The molecule has 0 amide bonds. The van der Waals surface area contributed by atoms with Crippen LogP contribution in [0.3, 0.4) is 0 Å². The Kier molecular flexibility index (Phi) is 4.20. The minimum Gasteiger partial charge on any atom is -0.493 e. The molecule has 4 heteroatoms. The van der Waals surface area contributed by atoms with Crippen LogP contribution >= 0.6 is 0 Å². The molecule has 0 saturated carbocycles. The van der Waals surface area contributed by atoms with Gasteiger partial charge in [-0.15, -0.1) is 0 Å². The van der Waals surface area contributed by atoms with Crippen LogP contribution in [0.25, 0.3) is 0 Å². The highest BCUT2D eigenvalue weighted by Crippen LogP contribution is 2.24. The standard InChI is InChI=1S/C13H21N3O/c1-16(10-11-6-3-4-8-14-11)13-12(17-2)7-5-9-15-13/h5,7,9,11,14H,3-4,6,8,10H2,1-2H3. The summed E-state index contributed by atoms with van der Waals surface area (Å²) in [5, 5.41) is 3.55. The average molecular weight is 235 g/mol. The van der Waals surface area contributed by atoms with Crippen molar-refractivity contribution in [3.8, 4) is 5.75 Å². The molecular formula is C13H21N3O. The Morgan fingerprint density at radius 2 is 2.41 bits per heavy atom. The summed E-state index contributed by atoms with van der Waals surface area (Å²) in [6, 6.07) is 4.42. The van der Waals surface area contributed by atoms with Gasteiger partial charge in [0.1, 0.15) is 0 Å². The number of pyridine rings is 1. The monoisotopic (exact) mass is 235 g/mol. The summed E-state index contributed by atoms with van der Waals surface area (Å²) in [4.78, 5) is 6.56. The van der Waals surface area contributed by atoms with Crippen LogP contribution in [0.4, 0.5) is 5.82 Å². The van der Waals surface area contributed by atoms with Gasteiger partial charge in [-0.3, -0.25) is 0 Å². The third-order valence-electron chi connectivity index (χ3n) is 3.24. The summed E-state index contributed by atoms with van der Waals surface area (Å²) in [6.45, 7) is 2.12. The maximum absolute atomic E-state index is 5.33. The number of hydrogen-bond donors (Lipinski definition) is 1. The van der Waals surface area contributed by atoms with E-state index >= 15 is 0 Å². The molecule has 2 rings (SSSR count). The van der Waals surface area contributed by atoms with Crippen LogP contribution in [0.2, 0.25) is 0 Å². The largest absolute Gasteiger partial charge is 0.493 e. The summed E-state index contributed by atoms with van der Waals surface area (Å²) in [5.41, 5.74) is 0. The maximum Gasteiger partial charge on any atom is 0.171 e. The molecule has 94 valence electrons. The Morgan fingerprint density at radius 3 is 3.12 bits per heavy atom. The molecular weight excluding hydrogens is 214 g/mol. The van der Waals surface area contributed by atoms with E-state index in [1.807, 2.05) is 18.3 Å². The first-order chi connectivity index (χ1) is 8.31. The summed E-state index contributed by atoms with van der Waals surface area (Å²) in [7, 11) is 3.76. The van der Waals surface area contributed by atoms with Gasteiger partial charge in [-0.2, -0.15) is 0 Å². The molecule has 1 aromatic rings. The topological polar surface area (TPSA) is 37.4 Å². The second-order valence-corrected chi connectivity index (χ2v) is 4.56. The van der Waals surface area contributed by atoms with Crippen molar-refractivity contribution in [2.24, 2.45) is 0 Å². The van der Waals surface area contributed by atoms with Gasteiger partial charge in [0, 0.05) is 25.8 Å². The number of aromatic nitrogens is 1. The lowest BCUT2D eigenvalue weighted by Crippen LogP contribution is -2.42. The van der Waals surface area contributed by atoms with Crippen LogP contribution in [0, 0.1) is 0 Å². The molecule has 1 aliphatic rings. The highest BCUT2D eigenvalue weighted by Gasteiger charge is 2.17. The first kappa shape index (κ1) is 12.2. The van der Waals surface area contributed by atoms with Crippen LogP contribution in [-0.2, 0) is 0 Å². The number of nitrogens with one attached hydrogen (secondary N) is 1. The number of anilines is 1. The molecule has 1 aromatic heterocycles. The van der Waals surface area contributed by atoms with Gasteiger partial charge in [0.05, 0.1) is 7.11 Å². The molecule has 1 fully saturated rings. The second kappa shape index (κ2) is 5.87. The lowest BCUT2D eigenvalue weighted by atomic mass is 10.0. The van der Waals surface area contributed by atoms with Gasteiger partial charge in [0.25, 0.3) is 0 Å². The average Bonchev–Trinajstić information content (AvgIpc) is 2.40. The zero-order chi connectivity index (χ0) is 12.1. The molecule has 17 heavy (non-hydrogen) atoms. The van der Waals surface area contributed by atoms with Crippen LogP contribution in [0.15, 0.2) is 18.3 Å². The van der Waals surface area contributed by atoms with Gasteiger partial charge < -0.3 is 15.0 Å². The predicted molar refractivity (Wildman–Crippen MR) is 69.7 cm³/mol. The highest BCUT2D eigenvalue weighted by atomic mass is 16.5. The molecule has 0 spiro atoms. The van der Waals surface area contributed by atoms with Gasteiger partial charge in [0.2, 0.25) is 0 Å². The van der Waals surface area contributed by atoms with Gasteiger partial charge >= 0.3 is 0 Å². The van der Waals surface area contributed by atoms with Crippen LogP contribution in [0.5, 0.6) is 5.75 Å². The second-order valence-electron chi connectivity index (χ2n) is 4.56. The normalized spacial score (nSPS) is 20.0. The molecule has 4 nitrogen and oxygen atoms in total. The van der Waals surface area contributed by atoms with Crippen LogP contribution in [0.1, 0.15) is 19.3 Å². The van der Waals surface area contributed by atoms with E-state index in [4.69, 9.17) is 4.74 Å². The fourth-order valence-corrected chi connectivity index (χ4v) is 2.33. The van der Waals surface area contributed by atoms with E-state index in [1.54, 1.807) is 7.11 Å². The molecule has 0 aliphatic carbocycles. The predicted octanol–water partition coefficient (Wildman–Crippen LogP) is 1.67. The third kappa shape index (κ3) is 3.09. The van der Waals surface area contributed by atoms with Crippen molar-refractivity contribution < 1.29 is 4.74 Å². The number of hydrogen-bond acceptors (Lipinski definition) is 4. The SMILES string of the molecule is COc1cccnc1N(C)CC1CCCCN1. The molecule has 0 bridgehead atoms. The Morgan fingerprint density at radius 1 is 1.53 bits per heavy atom. The third-order valence-corrected chi connectivity index (χ3v) is 3.24. The van der Waals surface area contributed by atoms with Crippen LogP contribution < -0.4 is 15.0 Å². The smallest absolute Gasteiger partial charge is 0.171 e. The summed E-state index contributed by atoms with van der Waals surface area (Å²) in [6.07, 6.45) is 5.68. The van der Waals surface area contributed by atoms with E-state index in [1.165, 1.54) is 19.3 Å². The Hall–Kier alpha value is -1.29. The Labute approximate surface area is 103 Å². The van der Waals surface area contributed by atoms with E-state index < -0.39 is 0 Å². The zero-order valence-corrected chi connectivity index (χ0v) is 10.6.